The molecule has 2 atom stereocenters. The first-order valence-electron chi connectivity index (χ1n) is 9.87. The van der Waals surface area contributed by atoms with E-state index in [1.54, 1.807) is 6.92 Å². The molecule has 1 saturated carbocycles. The molecule has 4 rings (SSSR count). The van der Waals surface area contributed by atoms with Crippen molar-refractivity contribution in [2.24, 2.45) is 0 Å². The van der Waals surface area contributed by atoms with Crippen molar-refractivity contribution in [3.8, 4) is 0 Å². The monoisotopic (exact) mass is 401 g/mol. The molecule has 29 heavy (non-hydrogen) atoms. The molecule has 1 aliphatic carbocycles. The number of halogens is 1. The molecule has 1 aromatic heterocycles. The summed E-state index contributed by atoms with van der Waals surface area (Å²) in [7, 11) is 0. The predicted molar refractivity (Wildman–Crippen MR) is 106 cm³/mol. The molecule has 0 spiro atoms. The molecule has 154 valence electrons. The number of carbonyl (C=O) groups excluding carboxylic acids is 2. The number of carbonyl (C=O) groups is 2. The van der Waals surface area contributed by atoms with Crippen LogP contribution in [0.2, 0.25) is 0 Å². The fraction of sp³-hybridized carbons (Fsp3) is 0.429. The predicted octanol–water partition coefficient (Wildman–Crippen LogP) is 4.15. The lowest BCUT2D eigenvalue weighted by molar-refractivity contribution is -0.0694. The minimum atomic E-state index is -0.587. The van der Waals surface area contributed by atoms with Crippen molar-refractivity contribution in [2.45, 2.75) is 44.8 Å². The fourth-order valence-corrected chi connectivity index (χ4v) is 4.05. The molecule has 0 unspecified atom stereocenters. The highest BCUT2D eigenvalue weighted by Crippen LogP contribution is 2.29. The van der Waals surface area contributed by atoms with Gasteiger partial charge in [0.25, 0.3) is 5.91 Å². The van der Waals surface area contributed by atoms with E-state index in [9.17, 15) is 14.0 Å². The number of anilines is 2. The van der Waals surface area contributed by atoms with Gasteiger partial charge in [0.2, 0.25) is 0 Å². The fourth-order valence-electron chi connectivity index (χ4n) is 4.05. The first-order chi connectivity index (χ1) is 14.0. The van der Waals surface area contributed by atoms with Crippen LogP contribution in [-0.2, 0) is 4.74 Å². The Bertz CT molecular complexity index is 911. The van der Waals surface area contributed by atoms with Gasteiger partial charge in [-0.15, -0.1) is 0 Å². The number of benzene rings is 1. The van der Waals surface area contributed by atoms with Crippen LogP contribution in [-0.4, -0.2) is 42.1 Å². The summed E-state index contributed by atoms with van der Waals surface area (Å²) in [6.07, 6.45) is 5.58. The van der Waals surface area contributed by atoms with E-state index >= 15 is 0 Å². The number of morpholine rings is 1. The molecule has 1 aromatic carbocycles. The van der Waals surface area contributed by atoms with E-state index < -0.39 is 11.7 Å². The average molecular weight is 401 g/mol. The van der Waals surface area contributed by atoms with Crippen LogP contribution in [0.3, 0.4) is 0 Å². The van der Waals surface area contributed by atoms with E-state index in [-0.39, 0.29) is 23.9 Å². The Morgan fingerprint density at radius 1 is 1.17 bits per heavy atom. The second-order valence-electron chi connectivity index (χ2n) is 7.42. The molecule has 0 radical (unpaired) electrons. The SMILES string of the molecule is Cc1occc1C(=O)Nc1cc(NC(=O)N2CCO[C@H]3CCCC[C@@H]32)ccc1F. The maximum atomic E-state index is 14.2. The summed E-state index contributed by atoms with van der Waals surface area (Å²) >= 11 is 0. The molecule has 2 aromatic rings. The van der Waals surface area contributed by atoms with E-state index in [0.717, 1.165) is 25.7 Å². The number of nitrogens with zero attached hydrogens (tertiary/aromatic N) is 1. The number of hydrogen-bond donors (Lipinski definition) is 2. The zero-order chi connectivity index (χ0) is 20.4. The molecule has 1 saturated heterocycles. The Balaban J connectivity index is 1.46. The summed E-state index contributed by atoms with van der Waals surface area (Å²) in [5, 5.41) is 5.36. The second-order valence-corrected chi connectivity index (χ2v) is 7.42. The molecule has 2 fully saturated rings. The zero-order valence-electron chi connectivity index (χ0n) is 16.2. The largest absolute Gasteiger partial charge is 0.469 e. The van der Waals surface area contributed by atoms with E-state index in [4.69, 9.17) is 9.15 Å². The Morgan fingerprint density at radius 2 is 2.00 bits per heavy atom. The maximum Gasteiger partial charge on any atom is 0.322 e. The first kappa shape index (κ1) is 19.4. The van der Waals surface area contributed by atoms with Gasteiger partial charge in [-0.1, -0.05) is 12.8 Å². The van der Waals surface area contributed by atoms with Gasteiger partial charge in [-0.2, -0.15) is 0 Å². The van der Waals surface area contributed by atoms with Crippen LogP contribution < -0.4 is 10.6 Å². The molecular weight excluding hydrogens is 377 g/mol. The van der Waals surface area contributed by atoms with Crippen LogP contribution in [0.5, 0.6) is 0 Å². The van der Waals surface area contributed by atoms with E-state index in [1.807, 2.05) is 4.90 Å². The third kappa shape index (κ3) is 4.12. The van der Waals surface area contributed by atoms with Crippen LogP contribution in [0.1, 0.15) is 41.8 Å². The van der Waals surface area contributed by atoms with Gasteiger partial charge in [-0.25, -0.2) is 9.18 Å². The highest BCUT2D eigenvalue weighted by atomic mass is 19.1. The number of furan rings is 1. The lowest BCUT2D eigenvalue weighted by Crippen LogP contribution is -2.55. The summed E-state index contributed by atoms with van der Waals surface area (Å²) < 4.78 is 25.1. The van der Waals surface area contributed by atoms with Gasteiger partial charge in [0.05, 0.1) is 36.3 Å². The van der Waals surface area contributed by atoms with E-state index in [2.05, 4.69) is 10.6 Å². The van der Waals surface area contributed by atoms with Gasteiger partial charge in [-0.05, 0) is 44.0 Å². The number of rotatable bonds is 3. The number of nitrogens with one attached hydrogen (secondary N) is 2. The van der Waals surface area contributed by atoms with Crippen LogP contribution >= 0.6 is 0 Å². The molecular formula is C21H24FN3O4. The summed E-state index contributed by atoms with van der Waals surface area (Å²) in [5.74, 6) is -0.616. The van der Waals surface area contributed by atoms with Crippen molar-refractivity contribution >= 4 is 23.3 Å². The number of fused-ring (bicyclic) bond motifs is 1. The van der Waals surface area contributed by atoms with E-state index in [1.165, 1.54) is 30.5 Å². The van der Waals surface area contributed by atoms with Gasteiger partial charge in [0.15, 0.2) is 0 Å². The molecule has 2 heterocycles. The maximum absolute atomic E-state index is 14.2. The third-order valence-corrected chi connectivity index (χ3v) is 5.56. The number of amides is 3. The number of ether oxygens (including phenoxy) is 1. The van der Waals surface area contributed by atoms with Gasteiger partial charge in [-0.3, -0.25) is 4.79 Å². The number of hydrogen-bond acceptors (Lipinski definition) is 4. The Labute approximate surface area is 168 Å². The van der Waals surface area contributed by atoms with Gasteiger partial charge < -0.3 is 24.7 Å². The summed E-state index contributed by atoms with van der Waals surface area (Å²) in [6, 6.07) is 5.47. The highest BCUT2D eigenvalue weighted by Gasteiger charge is 2.36. The Hall–Kier alpha value is -2.87. The van der Waals surface area contributed by atoms with Crippen LogP contribution in [0.25, 0.3) is 0 Å². The standard InChI is InChI=1S/C21H24FN3O4/c1-13-15(8-10-28-13)20(26)24-17-12-14(6-7-16(17)22)23-21(27)25-9-11-29-19-5-3-2-4-18(19)25/h6-8,10,12,18-19H,2-5,9,11H2,1H3,(H,23,27)(H,24,26)/t18-,19-/m0/s1. The van der Waals surface area contributed by atoms with Crippen molar-refractivity contribution in [1.29, 1.82) is 0 Å². The summed E-state index contributed by atoms with van der Waals surface area (Å²) in [4.78, 5) is 27.0. The van der Waals surface area contributed by atoms with Crippen LogP contribution in [0.4, 0.5) is 20.6 Å². The van der Waals surface area contributed by atoms with Crippen molar-refractivity contribution in [3.63, 3.8) is 0 Å². The minimum Gasteiger partial charge on any atom is -0.469 e. The number of aryl methyl sites for hydroxylation is 1. The number of urea groups is 1. The van der Waals surface area contributed by atoms with Crippen LogP contribution in [0.15, 0.2) is 34.9 Å². The average Bonchev–Trinajstić information content (AvgIpc) is 3.16. The highest BCUT2D eigenvalue weighted by molar-refractivity contribution is 6.05. The second kappa shape index (κ2) is 8.24. The summed E-state index contributed by atoms with van der Waals surface area (Å²) in [6.45, 7) is 2.70. The molecule has 3 amide bonds. The van der Waals surface area contributed by atoms with Crippen molar-refractivity contribution in [1.82, 2.24) is 4.90 Å². The minimum absolute atomic E-state index is 0.00841. The Kier molecular flexibility index (Phi) is 5.53. The first-order valence-corrected chi connectivity index (χ1v) is 9.87. The van der Waals surface area contributed by atoms with Gasteiger partial charge >= 0.3 is 6.03 Å². The zero-order valence-corrected chi connectivity index (χ0v) is 16.2. The van der Waals surface area contributed by atoms with Crippen molar-refractivity contribution < 1.29 is 23.1 Å². The van der Waals surface area contributed by atoms with Crippen molar-refractivity contribution in [3.05, 3.63) is 47.7 Å². The lowest BCUT2D eigenvalue weighted by atomic mass is 9.90. The normalized spacial score (nSPS) is 21.4. The molecule has 8 heteroatoms. The Morgan fingerprint density at radius 3 is 2.79 bits per heavy atom. The lowest BCUT2D eigenvalue weighted by Gasteiger charge is -2.43. The van der Waals surface area contributed by atoms with E-state index in [0.29, 0.717) is 30.2 Å². The smallest absolute Gasteiger partial charge is 0.322 e. The quantitative estimate of drug-likeness (QED) is 0.809. The molecule has 1 aliphatic heterocycles. The van der Waals surface area contributed by atoms with Gasteiger partial charge in [0.1, 0.15) is 11.6 Å². The molecule has 7 nitrogen and oxygen atoms in total. The molecule has 0 bridgehead atoms. The topological polar surface area (TPSA) is 83.8 Å². The molecule has 2 aliphatic rings. The summed E-state index contributed by atoms with van der Waals surface area (Å²) in [5.41, 5.74) is 0.732. The third-order valence-electron chi connectivity index (χ3n) is 5.56. The van der Waals surface area contributed by atoms with Crippen LogP contribution in [0, 0.1) is 12.7 Å². The molecule has 2 N–H and O–H groups in total. The van der Waals surface area contributed by atoms with Crippen molar-refractivity contribution in [2.75, 3.05) is 23.8 Å². The van der Waals surface area contributed by atoms with Gasteiger partial charge in [0, 0.05) is 12.2 Å².